The molecule has 44 heavy (non-hydrogen) atoms. The smallest absolute Gasteiger partial charge is 0.251 e. The molecule has 1 N–H and O–H groups in total. The summed E-state index contributed by atoms with van der Waals surface area (Å²) in [5.41, 5.74) is 1.66. The molecule has 0 radical (unpaired) electrons. The van der Waals surface area contributed by atoms with Crippen molar-refractivity contribution >= 4 is 35.2 Å². The molecule has 2 aromatic carbocycles. The molecule has 0 aliphatic carbocycles. The molecule has 5 rings (SSSR count). The van der Waals surface area contributed by atoms with Gasteiger partial charge in [0.15, 0.2) is 0 Å². The maximum Gasteiger partial charge on any atom is 0.251 e. The summed E-state index contributed by atoms with van der Waals surface area (Å²) in [5.74, 6) is -1.16. The maximum atomic E-state index is 14.8. The molecule has 2 bridgehead atoms. The highest BCUT2D eigenvalue weighted by atomic mass is 32.2. The van der Waals surface area contributed by atoms with Gasteiger partial charge < -0.3 is 24.5 Å². The Kier molecular flexibility index (Phi) is 9.28. The standard InChI is InChI=1S/C35H43N3O5S/c1-6-20-36(22-24-12-10-9-11-13-24)31(40)28-29-32(41)38(25(8-3)23-39)30(35(29)19-18-34(28,4)44-35)33(42)37(21-7-2)26-14-16-27(43-5)17-15-26/h6-7,9-17,25,28-30,39H,1-2,8,18-23H2,3-5H3/t25-,28+,29-,30?,34-,35?/m0/s1. The first kappa shape index (κ1) is 31.9. The molecule has 1 spiro atoms. The molecule has 3 saturated heterocycles. The fraction of sp³-hybridized carbons (Fsp3) is 0.457. The van der Waals surface area contributed by atoms with E-state index in [0.29, 0.717) is 43.8 Å². The highest BCUT2D eigenvalue weighted by molar-refractivity contribution is 8.02. The van der Waals surface area contributed by atoms with E-state index in [1.54, 1.807) is 57.9 Å². The van der Waals surface area contributed by atoms with E-state index in [1.807, 2.05) is 49.4 Å². The second-order valence-corrected chi connectivity index (χ2v) is 14.0. The molecule has 8 nitrogen and oxygen atoms in total. The quantitative estimate of drug-likeness (QED) is 0.329. The molecule has 2 aromatic rings. The Morgan fingerprint density at radius 1 is 1.09 bits per heavy atom. The number of likely N-dealkylation sites (tertiary alicyclic amines) is 1. The van der Waals surface area contributed by atoms with E-state index in [9.17, 15) is 19.5 Å². The van der Waals surface area contributed by atoms with E-state index in [0.717, 1.165) is 5.56 Å². The molecule has 9 heteroatoms. The summed E-state index contributed by atoms with van der Waals surface area (Å²) in [6, 6.07) is 15.7. The normalized spacial score (nSPS) is 27.5. The number of carbonyl (C=O) groups is 3. The van der Waals surface area contributed by atoms with Gasteiger partial charge in [-0.1, -0.05) is 49.4 Å². The van der Waals surface area contributed by atoms with Crippen molar-refractivity contribution in [2.45, 2.75) is 61.2 Å². The van der Waals surface area contributed by atoms with Crippen LogP contribution in [0.2, 0.25) is 0 Å². The number of anilines is 1. The van der Waals surface area contributed by atoms with Crippen LogP contribution in [0.4, 0.5) is 5.69 Å². The van der Waals surface area contributed by atoms with Crippen molar-refractivity contribution in [1.82, 2.24) is 9.80 Å². The van der Waals surface area contributed by atoms with E-state index in [1.165, 1.54) is 0 Å². The van der Waals surface area contributed by atoms with E-state index in [-0.39, 0.29) is 30.9 Å². The van der Waals surface area contributed by atoms with Gasteiger partial charge in [0.05, 0.1) is 36.3 Å². The summed E-state index contributed by atoms with van der Waals surface area (Å²) >= 11 is 1.64. The molecule has 3 aliphatic heterocycles. The molecule has 6 atom stereocenters. The van der Waals surface area contributed by atoms with E-state index in [4.69, 9.17) is 4.74 Å². The Balaban J connectivity index is 1.58. The van der Waals surface area contributed by atoms with Crippen LogP contribution in [0.1, 0.15) is 38.7 Å². The molecule has 234 valence electrons. The van der Waals surface area contributed by atoms with Crippen LogP contribution in [-0.2, 0) is 20.9 Å². The van der Waals surface area contributed by atoms with Crippen LogP contribution in [0.3, 0.4) is 0 Å². The minimum Gasteiger partial charge on any atom is -0.497 e. The van der Waals surface area contributed by atoms with Crippen molar-refractivity contribution in [3.05, 3.63) is 85.5 Å². The number of ether oxygens (including phenoxy) is 1. The van der Waals surface area contributed by atoms with Crippen molar-refractivity contribution in [3.63, 3.8) is 0 Å². The Morgan fingerprint density at radius 2 is 1.77 bits per heavy atom. The zero-order valence-electron chi connectivity index (χ0n) is 25.9. The van der Waals surface area contributed by atoms with Gasteiger partial charge in [-0.3, -0.25) is 14.4 Å². The Bertz CT molecular complexity index is 1400. The van der Waals surface area contributed by atoms with Gasteiger partial charge in [0.1, 0.15) is 11.8 Å². The van der Waals surface area contributed by atoms with Crippen LogP contribution >= 0.6 is 11.8 Å². The lowest BCUT2D eigenvalue weighted by Crippen LogP contribution is -2.57. The summed E-state index contributed by atoms with van der Waals surface area (Å²) < 4.78 is 4.01. The SMILES string of the molecule is C=CCN(Cc1ccccc1)C(=O)[C@H]1[C@H]2C(=O)N([C@@H](CC)CO)C(C(=O)N(CC=C)c3ccc(OC)cc3)C23CC[C@]1(C)S3. The Morgan fingerprint density at radius 3 is 2.36 bits per heavy atom. The highest BCUT2D eigenvalue weighted by Gasteiger charge is 2.78. The first-order valence-electron chi connectivity index (χ1n) is 15.3. The zero-order chi connectivity index (χ0) is 31.6. The first-order valence-corrected chi connectivity index (χ1v) is 16.1. The third-order valence-corrected chi connectivity index (χ3v) is 11.6. The van der Waals surface area contributed by atoms with Crippen LogP contribution in [0, 0.1) is 11.8 Å². The number of hydrogen-bond donors (Lipinski definition) is 1. The van der Waals surface area contributed by atoms with Gasteiger partial charge in [-0.2, -0.15) is 0 Å². The van der Waals surface area contributed by atoms with Crippen LogP contribution in [0.25, 0.3) is 0 Å². The number of thioether (sulfide) groups is 1. The summed E-state index contributed by atoms with van der Waals surface area (Å²) in [6.07, 6.45) is 5.22. The van der Waals surface area contributed by atoms with Crippen LogP contribution in [0.5, 0.6) is 5.75 Å². The predicted octanol–water partition coefficient (Wildman–Crippen LogP) is 4.68. The van der Waals surface area contributed by atoms with Gasteiger partial charge in [-0.05, 0) is 56.0 Å². The number of nitrogens with zero attached hydrogens (tertiary/aromatic N) is 3. The summed E-state index contributed by atoms with van der Waals surface area (Å²) in [4.78, 5) is 49.1. The summed E-state index contributed by atoms with van der Waals surface area (Å²) in [5, 5.41) is 10.5. The third kappa shape index (κ3) is 5.24. The van der Waals surface area contributed by atoms with Gasteiger partial charge in [-0.15, -0.1) is 24.9 Å². The number of methoxy groups -OCH3 is 1. The molecule has 2 unspecified atom stereocenters. The topological polar surface area (TPSA) is 90.4 Å². The Hall–Kier alpha value is -3.56. The number of benzene rings is 2. The van der Waals surface area contributed by atoms with Crippen LogP contribution < -0.4 is 9.64 Å². The van der Waals surface area contributed by atoms with Crippen molar-refractivity contribution in [1.29, 1.82) is 0 Å². The highest BCUT2D eigenvalue weighted by Crippen LogP contribution is 2.72. The molecule has 3 aliphatic rings. The van der Waals surface area contributed by atoms with Crippen molar-refractivity contribution in [3.8, 4) is 5.75 Å². The predicted molar refractivity (Wildman–Crippen MR) is 174 cm³/mol. The van der Waals surface area contributed by atoms with Crippen molar-refractivity contribution in [2.24, 2.45) is 11.8 Å². The average molecular weight is 618 g/mol. The number of hydrogen-bond acceptors (Lipinski definition) is 6. The summed E-state index contributed by atoms with van der Waals surface area (Å²) in [6.45, 7) is 12.5. The molecule has 3 fully saturated rings. The van der Waals surface area contributed by atoms with Gasteiger partial charge in [0.25, 0.3) is 5.91 Å². The van der Waals surface area contributed by atoms with Gasteiger partial charge in [0, 0.05) is 30.1 Å². The fourth-order valence-electron chi connectivity index (χ4n) is 7.58. The lowest BCUT2D eigenvalue weighted by Gasteiger charge is -2.39. The van der Waals surface area contributed by atoms with Gasteiger partial charge in [0.2, 0.25) is 11.8 Å². The molecular weight excluding hydrogens is 574 g/mol. The lowest BCUT2D eigenvalue weighted by atomic mass is 9.66. The number of aliphatic hydroxyl groups excluding tert-OH is 1. The maximum absolute atomic E-state index is 14.8. The lowest BCUT2D eigenvalue weighted by molar-refractivity contribution is -0.146. The van der Waals surface area contributed by atoms with Crippen LogP contribution in [-0.4, -0.2) is 81.0 Å². The number of rotatable bonds is 13. The monoisotopic (exact) mass is 617 g/mol. The minimum atomic E-state index is -0.842. The number of amides is 3. The third-order valence-electron chi connectivity index (χ3n) is 9.63. The number of carbonyl (C=O) groups excluding carboxylic acids is 3. The molecule has 0 aromatic heterocycles. The van der Waals surface area contributed by atoms with E-state index >= 15 is 0 Å². The number of aliphatic hydroxyl groups is 1. The average Bonchev–Trinajstić information content (AvgIpc) is 3.61. The zero-order valence-corrected chi connectivity index (χ0v) is 26.7. The largest absolute Gasteiger partial charge is 0.497 e. The van der Waals surface area contributed by atoms with Crippen molar-refractivity contribution in [2.75, 3.05) is 31.7 Å². The first-order chi connectivity index (χ1) is 21.2. The van der Waals surface area contributed by atoms with E-state index < -0.39 is 33.4 Å². The van der Waals surface area contributed by atoms with Gasteiger partial charge in [-0.25, -0.2) is 0 Å². The Labute approximate surface area is 264 Å². The molecular formula is C35H43N3O5S. The van der Waals surface area contributed by atoms with E-state index in [2.05, 4.69) is 20.1 Å². The molecule has 0 saturated carbocycles. The van der Waals surface area contributed by atoms with Crippen molar-refractivity contribution < 1.29 is 24.2 Å². The van der Waals surface area contributed by atoms with Crippen LogP contribution in [0.15, 0.2) is 79.9 Å². The minimum absolute atomic E-state index is 0.0909. The summed E-state index contributed by atoms with van der Waals surface area (Å²) in [7, 11) is 1.59. The fourth-order valence-corrected chi connectivity index (χ4v) is 9.91. The van der Waals surface area contributed by atoms with Gasteiger partial charge >= 0.3 is 0 Å². The number of fused-ring (bicyclic) bond motifs is 1. The second-order valence-electron chi connectivity index (χ2n) is 12.1. The molecule has 3 heterocycles. The second kappa shape index (κ2) is 12.8. The molecule has 3 amide bonds.